The molecule has 2 N–H and O–H groups in total. The van der Waals surface area contributed by atoms with Gasteiger partial charge in [0, 0.05) is 48.0 Å². The van der Waals surface area contributed by atoms with Gasteiger partial charge in [-0.05, 0) is 50.1 Å². The molecule has 0 bridgehead atoms. The monoisotopic (exact) mass is 586 g/mol. The van der Waals surface area contributed by atoms with Crippen LogP contribution in [0.2, 0.25) is 10.0 Å². The molecule has 212 valence electrons. The third-order valence-electron chi connectivity index (χ3n) is 6.21. The Bertz CT molecular complexity index is 1240. The van der Waals surface area contributed by atoms with E-state index < -0.39 is 30.3 Å². The lowest BCUT2D eigenvalue weighted by atomic mass is 10.1. The number of alkyl halides is 2. The molecular formula is C27H31Cl2F3N4O3. The highest BCUT2D eigenvalue weighted by molar-refractivity contribution is 6.35. The maximum absolute atomic E-state index is 15.4. The van der Waals surface area contributed by atoms with Gasteiger partial charge in [-0.25, -0.2) is 13.2 Å². The van der Waals surface area contributed by atoms with E-state index in [2.05, 4.69) is 10.6 Å². The molecule has 2 aromatic carbocycles. The van der Waals surface area contributed by atoms with Gasteiger partial charge in [-0.1, -0.05) is 29.3 Å². The lowest BCUT2D eigenvalue weighted by Crippen LogP contribution is -2.54. The first kappa shape index (κ1) is 30.6. The van der Waals surface area contributed by atoms with E-state index in [0.29, 0.717) is 34.3 Å². The number of hydrogen-bond donors (Lipinski definition) is 2. The van der Waals surface area contributed by atoms with Gasteiger partial charge in [0.1, 0.15) is 5.69 Å². The molecule has 1 aliphatic rings. The van der Waals surface area contributed by atoms with E-state index in [1.54, 1.807) is 24.0 Å². The Balaban J connectivity index is 2.02. The van der Waals surface area contributed by atoms with Crippen LogP contribution in [0, 0.1) is 12.7 Å². The Hall–Kier alpha value is -2.95. The van der Waals surface area contributed by atoms with Gasteiger partial charge in [0.05, 0.1) is 24.9 Å². The summed E-state index contributed by atoms with van der Waals surface area (Å²) in [5.74, 6) is -1.34. The molecule has 7 nitrogen and oxygen atoms in total. The van der Waals surface area contributed by atoms with Crippen molar-refractivity contribution in [3.8, 4) is 5.75 Å². The summed E-state index contributed by atoms with van der Waals surface area (Å²) in [6, 6.07) is 6.03. The average Bonchev–Trinajstić information content (AvgIpc) is 2.84. The highest BCUT2D eigenvalue weighted by atomic mass is 35.5. The Labute approximate surface area is 235 Å². The predicted octanol–water partition coefficient (Wildman–Crippen LogP) is 5.11. The third kappa shape index (κ3) is 7.58. The number of carbonyl (C=O) groups excluding carboxylic acids is 2. The number of hydrogen-bond acceptors (Lipinski definition) is 6. The Kier molecular flexibility index (Phi) is 10.5. The molecule has 0 spiro atoms. The molecule has 0 aliphatic carbocycles. The quantitative estimate of drug-likeness (QED) is 0.174. The normalized spacial score (nSPS) is 17.8. The third-order valence-corrected chi connectivity index (χ3v) is 6.80. The zero-order valence-corrected chi connectivity index (χ0v) is 23.5. The number of anilines is 2. The summed E-state index contributed by atoms with van der Waals surface area (Å²) in [6.45, 7) is 5.48. The Morgan fingerprint density at radius 3 is 2.49 bits per heavy atom. The summed E-state index contributed by atoms with van der Waals surface area (Å²) in [7, 11) is 1.32. The topological polar surface area (TPSA) is 73.9 Å². The molecule has 0 radical (unpaired) electrons. The number of carbonyl (C=O) groups is 2. The maximum atomic E-state index is 15.4. The summed E-state index contributed by atoms with van der Waals surface area (Å²) < 4.78 is 48.5. The van der Waals surface area contributed by atoms with Crippen LogP contribution < -0.4 is 25.2 Å². The number of rotatable bonds is 10. The van der Waals surface area contributed by atoms with Crippen molar-refractivity contribution in [1.82, 2.24) is 10.6 Å². The van der Waals surface area contributed by atoms with Gasteiger partial charge >= 0.3 is 0 Å². The standard InChI is InChI=1S/C27H31Cl2F3N4O3/c1-15-7-22(30)25(35-10-16(2)34-17(3)11-35)26(39-4)24(15)36(13-23(31)32)12-19(14-37)27(38)33-9-18-5-6-20(28)8-21(18)29/h5-8,12,14,16-17,23,34H,9-11,13H2,1-4H3,(H,33,38)/b19-12+/t16-,17+. The van der Waals surface area contributed by atoms with E-state index in [-0.39, 0.29) is 42.0 Å². The van der Waals surface area contributed by atoms with Crippen LogP contribution in [0.4, 0.5) is 24.5 Å². The van der Waals surface area contributed by atoms with E-state index in [1.165, 1.54) is 19.2 Å². The van der Waals surface area contributed by atoms with Crippen LogP contribution in [-0.4, -0.2) is 57.4 Å². The van der Waals surface area contributed by atoms with Crippen molar-refractivity contribution in [3.63, 3.8) is 0 Å². The van der Waals surface area contributed by atoms with E-state index in [4.69, 9.17) is 27.9 Å². The summed E-state index contributed by atoms with van der Waals surface area (Å²) in [4.78, 5) is 27.6. The molecule has 0 aromatic heterocycles. The second-order valence-electron chi connectivity index (χ2n) is 9.44. The van der Waals surface area contributed by atoms with Crippen molar-refractivity contribution in [2.24, 2.45) is 0 Å². The van der Waals surface area contributed by atoms with Gasteiger partial charge in [0.2, 0.25) is 0 Å². The van der Waals surface area contributed by atoms with Crippen molar-refractivity contribution < 1.29 is 27.5 Å². The SMILES string of the molecule is COc1c(N(/C=C(\C=O)C(=O)NCc2ccc(Cl)cc2Cl)CC(F)F)c(C)cc(F)c1N1C[C@@H](C)N[C@@H](C)C1. The lowest BCUT2D eigenvalue weighted by Gasteiger charge is -2.39. The summed E-state index contributed by atoms with van der Waals surface area (Å²) in [6.07, 6.45) is -1.56. The predicted molar refractivity (Wildman–Crippen MR) is 148 cm³/mol. The number of methoxy groups -OCH3 is 1. The Morgan fingerprint density at radius 1 is 1.26 bits per heavy atom. The largest absolute Gasteiger partial charge is 0.492 e. The van der Waals surface area contributed by atoms with Crippen LogP contribution in [-0.2, 0) is 16.1 Å². The van der Waals surface area contributed by atoms with Gasteiger partial charge in [-0.3, -0.25) is 9.59 Å². The van der Waals surface area contributed by atoms with Crippen LogP contribution in [0.5, 0.6) is 5.75 Å². The molecule has 2 atom stereocenters. The van der Waals surface area contributed by atoms with Crippen LogP contribution in [0.25, 0.3) is 0 Å². The van der Waals surface area contributed by atoms with Crippen LogP contribution in [0.3, 0.4) is 0 Å². The van der Waals surface area contributed by atoms with Gasteiger partial charge in [0.15, 0.2) is 17.9 Å². The molecule has 3 rings (SSSR count). The molecule has 39 heavy (non-hydrogen) atoms. The fourth-order valence-corrected chi connectivity index (χ4v) is 5.17. The van der Waals surface area contributed by atoms with Crippen LogP contribution in [0.1, 0.15) is 25.0 Å². The fourth-order valence-electron chi connectivity index (χ4n) is 4.69. The van der Waals surface area contributed by atoms with E-state index in [1.807, 2.05) is 13.8 Å². The number of aldehydes is 1. The summed E-state index contributed by atoms with van der Waals surface area (Å²) in [5.41, 5.74) is 0.669. The number of benzene rings is 2. The zero-order valence-electron chi connectivity index (χ0n) is 22.0. The number of piperazine rings is 1. The molecule has 0 saturated carbocycles. The number of amides is 1. The molecule has 2 aromatic rings. The maximum Gasteiger partial charge on any atom is 0.256 e. The molecule has 1 amide bonds. The Morgan fingerprint density at radius 2 is 1.92 bits per heavy atom. The van der Waals surface area contributed by atoms with E-state index in [9.17, 15) is 18.4 Å². The van der Waals surface area contributed by atoms with Gasteiger partial charge in [0.25, 0.3) is 12.3 Å². The second-order valence-corrected chi connectivity index (χ2v) is 10.3. The highest BCUT2D eigenvalue weighted by Crippen LogP contribution is 2.43. The first-order valence-electron chi connectivity index (χ1n) is 12.3. The number of halogens is 5. The molecular weight excluding hydrogens is 556 g/mol. The number of nitrogens with one attached hydrogen (secondary N) is 2. The molecule has 1 aliphatic heterocycles. The number of ether oxygens (including phenoxy) is 1. The van der Waals surface area contributed by atoms with Crippen molar-refractivity contribution in [1.29, 1.82) is 0 Å². The van der Waals surface area contributed by atoms with Crippen molar-refractivity contribution in [2.45, 2.75) is 45.8 Å². The first-order chi connectivity index (χ1) is 18.4. The minimum atomic E-state index is -2.85. The van der Waals surface area contributed by atoms with Crippen LogP contribution >= 0.6 is 23.2 Å². The molecule has 1 heterocycles. The van der Waals surface area contributed by atoms with Crippen molar-refractivity contribution in [3.05, 3.63) is 63.0 Å². The highest BCUT2D eigenvalue weighted by Gasteiger charge is 2.30. The lowest BCUT2D eigenvalue weighted by molar-refractivity contribution is -0.119. The van der Waals surface area contributed by atoms with Crippen molar-refractivity contribution >= 4 is 46.8 Å². The number of nitrogens with zero attached hydrogens (tertiary/aromatic N) is 2. The fraction of sp³-hybridized carbons (Fsp3) is 0.407. The first-order valence-corrected chi connectivity index (χ1v) is 13.0. The molecule has 1 fully saturated rings. The summed E-state index contributed by atoms with van der Waals surface area (Å²) >= 11 is 12.0. The molecule has 0 unspecified atom stereocenters. The smallest absolute Gasteiger partial charge is 0.256 e. The average molecular weight is 587 g/mol. The number of aryl methyl sites for hydroxylation is 1. The summed E-state index contributed by atoms with van der Waals surface area (Å²) in [5, 5.41) is 6.65. The van der Waals surface area contributed by atoms with Crippen LogP contribution in [0.15, 0.2) is 36.0 Å². The van der Waals surface area contributed by atoms with Crippen molar-refractivity contribution in [2.75, 3.05) is 36.5 Å². The van der Waals surface area contributed by atoms with E-state index >= 15 is 4.39 Å². The minimum absolute atomic E-state index is 0.0305. The van der Waals surface area contributed by atoms with E-state index in [0.717, 1.165) is 11.1 Å². The zero-order chi connectivity index (χ0) is 28.9. The van der Waals surface area contributed by atoms with Gasteiger partial charge < -0.3 is 25.2 Å². The second kappa shape index (κ2) is 13.4. The molecule has 1 saturated heterocycles. The van der Waals surface area contributed by atoms with Gasteiger partial charge in [-0.2, -0.15) is 0 Å². The van der Waals surface area contributed by atoms with Gasteiger partial charge in [-0.15, -0.1) is 0 Å². The molecule has 12 heteroatoms. The minimum Gasteiger partial charge on any atom is -0.492 e.